The van der Waals surface area contributed by atoms with Crippen LogP contribution in [-0.4, -0.2) is 11.6 Å². The SMILES string of the molecule is CC1=C(C)C[C@H]2C(=O)C(c3ccc(C(C)C)cc3)=CC(=O)[C@@H]2C1. The van der Waals surface area contributed by atoms with Gasteiger partial charge in [0, 0.05) is 17.4 Å². The molecule has 120 valence electrons. The molecule has 0 amide bonds. The van der Waals surface area contributed by atoms with Crippen molar-refractivity contribution in [3.8, 4) is 0 Å². The lowest BCUT2D eigenvalue weighted by Gasteiger charge is -2.34. The van der Waals surface area contributed by atoms with Crippen molar-refractivity contribution in [1.29, 1.82) is 0 Å². The van der Waals surface area contributed by atoms with Crippen molar-refractivity contribution in [2.45, 2.75) is 46.5 Å². The van der Waals surface area contributed by atoms with Crippen molar-refractivity contribution >= 4 is 17.1 Å². The molecule has 23 heavy (non-hydrogen) atoms. The molecule has 0 radical (unpaired) electrons. The smallest absolute Gasteiger partial charge is 0.167 e. The van der Waals surface area contributed by atoms with Gasteiger partial charge in [0.25, 0.3) is 0 Å². The number of fused-ring (bicyclic) bond motifs is 1. The molecule has 2 atom stereocenters. The Balaban J connectivity index is 1.94. The van der Waals surface area contributed by atoms with E-state index in [1.807, 2.05) is 12.1 Å². The van der Waals surface area contributed by atoms with E-state index in [9.17, 15) is 9.59 Å². The Labute approximate surface area is 138 Å². The van der Waals surface area contributed by atoms with Gasteiger partial charge in [0.2, 0.25) is 0 Å². The van der Waals surface area contributed by atoms with Crippen LogP contribution in [0.5, 0.6) is 0 Å². The molecule has 0 N–H and O–H groups in total. The molecule has 0 aliphatic heterocycles. The van der Waals surface area contributed by atoms with Crippen molar-refractivity contribution in [3.05, 3.63) is 52.6 Å². The predicted octanol–water partition coefficient (Wildman–Crippen LogP) is 4.71. The lowest BCUT2D eigenvalue weighted by Crippen LogP contribution is -2.36. The van der Waals surface area contributed by atoms with Crippen molar-refractivity contribution in [2.24, 2.45) is 11.8 Å². The molecule has 0 unspecified atom stereocenters. The molecular weight excluding hydrogens is 284 g/mol. The fourth-order valence-electron chi connectivity index (χ4n) is 3.66. The van der Waals surface area contributed by atoms with E-state index in [-0.39, 0.29) is 23.4 Å². The van der Waals surface area contributed by atoms with Gasteiger partial charge in [-0.05, 0) is 49.8 Å². The van der Waals surface area contributed by atoms with E-state index < -0.39 is 0 Å². The molecule has 1 aromatic rings. The summed E-state index contributed by atoms with van der Waals surface area (Å²) in [6, 6.07) is 8.06. The first-order valence-corrected chi connectivity index (χ1v) is 8.43. The topological polar surface area (TPSA) is 34.1 Å². The minimum absolute atomic E-state index is 0.115. The maximum absolute atomic E-state index is 12.9. The van der Waals surface area contributed by atoms with Crippen LogP contribution in [0.25, 0.3) is 5.57 Å². The highest BCUT2D eigenvalue weighted by molar-refractivity contribution is 6.29. The van der Waals surface area contributed by atoms with Gasteiger partial charge < -0.3 is 0 Å². The Morgan fingerprint density at radius 3 is 2.04 bits per heavy atom. The van der Waals surface area contributed by atoms with Gasteiger partial charge in [0.05, 0.1) is 0 Å². The number of carbonyl (C=O) groups excluding carboxylic acids is 2. The molecule has 0 saturated heterocycles. The van der Waals surface area contributed by atoms with Crippen LogP contribution < -0.4 is 0 Å². The van der Waals surface area contributed by atoms with E-state index >= 15 is 0 Å². The van der Waals surface area contributed by atoms with Crippen molar-refractivity contribution in [2.75, 3.05) is 0 Å². The number of carbonyl (C=O) groups is 2. The standard InChI is InChI=1S/C21H24O2/c1-12(2)15-5-7-16(8-6-15)17-11-20(22)18-9-13(3)14(4)10-19(18)21(17)23/h5-8,11-12,18-19H,9-10H2,1-4H3/t18-,19-/m1/s1. The highest BCUT2D eigenvalue weighted by Gasteiger charge is 2.41. The van der Waals surface area contributed by atoms with Gasteiger partial charge in [0.1, 0.15) is 0 Å². The maximum atomic E-state index is 12.9. The summed E-state index contributed by atoms with van der Waals surface area (Å²) in [6.45, 7) is 8.45. The van der Waals surface area contributed by atoms with E-state index in [4.69, 9.17) is 0 Å². The fourth-order valence-corrected chi connectivity index (χ4v) is 3.66. The quantitative estimate of drug-likeness (QED) is 0.742. The van der Waals surface area contributed by atoms with Crippen molar-refractivity contribution in [1.82, 2.24) is 0 Å². The van der Waals surface area contributed by atoms with Crippen LogP contribution in [0.15, 0.2) is 41.5 Å². The molecule has 0 spiro atoms. The van der Waals surface area contributed by atoms with Gasteiger partial charge in [-0.3, -0.25) is 9.59 Å². The average molecular weight is 308 g/mol. The summed E-state index contributed by atoms with van der Waals surface area (Å²) in [5.74, 6) is 0.393. The molecular formula is C21H24O2. The minimum atomic E-state index is -0.170. The molecule has 2 aliphatic rings. The summed E-state index contributed by atoms with van der Waals surface area (Å²) >= 11 is 0. The zero-order valence-electron chi connectivity index (χ0n) is 14.3. The predicted molar refractivity (Wildman–Crippen MR) is 93.1 cm³/mol. The Hall–Kier alpha value is -1.96. The highest BCUT2D eigenvalue weighted by Crippen LogP contribution is 2.41. The van der Waals surface area contributed by atoms with E-state index in [2.05, 4.69) is 39.8 Å². The van der Waals surface area contributed by atoms with Gasteiger partial charge in [0.15, 0.2) is 11.6 Å². The number of hydrogen-bond donors (Lipinski definition) is 0. The molecule has 1 aromatic carbocycles. The third-order valence-corrected chi connectivity index (χ3v) is 5.41. The first kappa shape index (κ1) is 15.9. The monoisotopic (exact) mass is 308 g/mol. The normalized spacial score (nSPS) is 24.8. The molecule has 0 bridgehead atoms. The largest absolute Gasteiger partial charge is 0.294 e. The van der Waals surface area contributed by atoms with Crippen LogP contribution in [0, 0.1) is 11.8 Å². The number of Topliss-reactive ketones (excluding diaryl/α,β-unsaturated/α-hetero) is 1. The molecule has 2 aliphatic carbocycles. The first-order valence-electron chi connectivity index (χ1n) is 8.43. The molecule has 0 heterocycles. The Bertz CT molecular complexity index is 717. The van der Waals surface area contributed by atoms with Gasteiger partial charge in [-0.15, -0.1) is 0 Å². The summed E-state index contributed by atoms with van der Waals surface area (Å²) in [5.41, 5.74) is 5.25. The number of allylic oxidation sites excluding steroid dienone is 4. The molecule has 0 saturated carbocycles. The molecule has 3 rings (SSSR count). The van der Waals surface area contributed by atoms with Gasteiger partial charge in [-0.2, -0.15) is 0 Å². The summed E-state index contributed by atoms with van der Waals surface area (Å²) < 4.78 is 0. The first-order chi connectivity index (χ1) is 10.9. The molecule has 2 heteroatoms. The third kappa shape index (κ3) is 2.83. The third-order valence-electron chi connectivity index (χ3n) is 5.41. The second kappa shape index (κ2) is 5.92. The second-order valence-corrected chi connectivity index (χ2v) is 7.28. The van der Waals surface area contributed by atoms with Gasteiger partial charge >= 0.3 is 0 Å². The highest BCUT2D eigenvalue weighted by atomic mass is 16.1. The van der Waals surface area contributed by atoms with Crippen molar-refractivity contribution in [3.63, 3.8) is 0 Å². The van der Waals surface area contributed by atoms with Gasteiger partial charge in [-0.25, -0.2) is 0 Å². The van der Waals surface area contributed by atoms with Gasteiger partial charge in [-0.1, -0.05) is 49.3 Å². The van der Waals surface area contributed by atoms with E-state index in [0.29, 0.717) is 11.5 Å². The van der Waals surface area contributed by atoms with E-state index in [0.717, 1.165) is 18.4 Å². The van der Waals surface area contributed by atoms with E-state index in [1.54, 1.807) is 6.08 Å². The molecule has 0 aromatic heterocycles. The Kier molecular flexibility index (Phi) is 4.09. The Morgan fingerprint density at radius 1 is 0.913 bits per heavy atom. The zero-order valence-corrected chi connectivity index (χ0v) is 14.3. The number of rotatable bonds is 2. The van der Waals surface area contributed by atoms with Crippen molar-refractivity contribution < 1.29 is 9.59 Å². The zero-order chi connectivity index (χ0) is 16.7. The summed E-state index contributed by atoms with van der Waals surface area (Å²) in [7, 11) is 0. The molecule has 0 fully saturated rings. The summed E-state index contributed by atoms with van der Waals surface area (Å²) in [5, 5.41) is 0. The second-order valence-electron chi connectivity index (χ2n) is 7.28. The lowest BCUT2D eigenvalue weighted by molar-refractivity contribution is -0.128. The minimum Gasteiger partial charge on any atom is -0.294 e. The number of ketones is 2. The van der Waals surface area contributed by atoms with Crippen LogP contribution in [0.3, 0.4) is 0 Å². The van der Waals surface area contributed by atoms with Crippen LogP contribution in [0.2, 0.25) is 0 Å². The van der Waals surface area contributed by atoms with E-state index in [1.165, 1.54) is 16.7 Å². The molecule has 2 nitrogen and oxygen atoms in total. The van der Waals surface area contributed by atoms with Crippen LogP contribution >= 0.6 is 0 Å². The maximum Gasteiger partial charge on any atom is 0.167 e. The average Bonchev–Trinajstić information content (AvgIpc) is 2.53. The van der Waals surface area contributed by atoms with Crippen LogP contribution in [0.4, 0.5) is 0 Å². The van der Waals surface area contributed by atoms with Crippen LogP contribution in [-0.2, 0) is 9.59 Å². The Morgan fingerprint density at radius 2 is 1.48 bits per heavy atom. The fraction of sp³-hybridized carbons (Fsp3) is 0.429. The summed E-state index contributed by atoms with van der Waals surface area (Å²) in [6.07, 6.45) is 3.04. The lowest BCUT2D eigenvalue weighted by atomic mass is 9.67. The summed E-state index contributed by atoms with van der Waals surface area (Å²) in [4.78, 5) is 25.5. The number of hydrogen-bond acceptors (Lipinski definition) is 2. The number of benzene rings is 1. The van der Waals surface area contributed by atoms with Crippen LogP contribution in [0.1, 0.15) is 57.6 Å².